The number of nitrogens with one attached hydrogen (secondary N) is 1. The van der Waals surface area contributed by atoms with E-state index in [1.807, 2.05) is 43.3 Å². The number of sulfonamides is 1. The van der Waals surface area contributed by atoms with Gasteiger partial charge in [-0.25, -0.2) is 8.42 Å². The number of aryl methyl sites for hydroxylation is 2. The number of nitrogens with zero attached hydrogens (tertiary/aromatic N) is 2. The van der Waals surface area contributed by atoms with Gasteiger partial charge in [-0.05, 0) is 50.1 Å². The molecule has 35 heavy (non-hydrogen) atoms. The summed E-state index contributed by atoms with van der Waals surface area (Å²) in [6.07, 6.45) is 0. The highest BCUT2D eigenvalue weighted by Crippen LogP contribution is 2.27. The Kier molecular flexibility index (Phi) is 8.30. The molecular weight excluding hydrogens is 462 g/mol. The molecule has 0 heterocycles. The zero-order valence-corrected chi connectivity index (χ0v) is 21.2. The number of para-hydroxylation sites is 1. The zero-order valence-electron chi connectivity index (χ0n) is 20.4. The number of carbonyl (C=O) groups is 2. The van der Waals surface area contributed by atoms with Crippen molar-refractivity contribution in [1.82, 2.24) is 10.2 Å². The van der Waals surface area contributed by atoms with Crippen LogP contribution in [0.5, 0.6) is 0 Å². The summed E-state index contributed by atoms with van der Waals surface area (Å²) in [6, 6.07) is 22.0. The number of benzene rings is 3. The lowest BCUT2D eigenvalue weighted by Crippen LogP contribution is -2.50. The molecule has 0 unspecified atom stereocenters. The second-order valence-electron chi connectivity index (χ2n) is 8.41. The van der Waals surface area contributed by atoms with E-state index in [2.05, 4.69) is 5.32 Å². The van der Waals surface area contributed by atoms with Crippen LogP contribution in [0.25, 0.3) is 0 Å². The Bertz CT molecular complexity index is 1280. The van der Waals surface area contributed by atoms with Gasteiger partial charge in [0.2, 0.25) is 11.8 Å². The Labute approximate surface area is 207 Å². The van der Waals surface area contributed by atoms with E-state index in [-0.39, 0.29) is 17.3 Å². The summed E-state index contributed by atoms with van der Waals surface area (Å²) in [4.78, 5) is 27.6. The molecule has 0 aliphatic heterocycles. The van der Waals surface area contributed by atoms with Crippen LogP contribution in [0.4, 0.5) is 5.69 Å². The summed E-state index contributed by atoms with van der Waals surface area (Å²) in [5.74, 6) is -0.818. The monoisotopic (exact) mass is 493 g/mol. The highest BCUT2D eigenvalue weighted by molar-refractivity contribution is 7.92. The summed E-state index contributed by atoms with van der Waals surface area (Å²) in [5.41, 5.74) is 2.88. The van der Waals surface area contributed by atoms with E-state index in [0.717, 1.165) is 15.4 Å². The minimum atomic E-state index is -4.06. The van der Waals surface area contributed by atoms with E-state index in [1.165, 1.54) is 24.1 Å². The van der Waals surface area contributed by atoms with Gasteiger partial charge in [-0.3, -0.25) is 13.9 Å². The van der Waals surface area contributed by atoms with E-state index in [4.69, 9.17) is 0 Å². The van der Waals surface area contributed by atoms with Crippen LogP contribution in [0.15, 0.2) is 83.8 Å². The predicted octanol–water partition coefficient (Wildman–Crippen LogP) is 3.66. The fraction of sp³-hybridized carbons (Fsp3) is 0.259. The summed E-state index contributed by atoms with van der Waals surface area (Å²) < 4.78 is 28.6. The lowest BCUT2D eigenvalue weighted by molar-refractivity contribution is -0.139. The summed E-state index contributed by atoms with van der Waals surface area (Å²) in [5, 5.41) is 2.58. The zero-order chi connectivity index (χ0) is 25.6. The molecule has 1 N–H and O–H groups in total. The van der Waals surface area contributed by atoms with Crippen molar-refractivity contribution in [2.24, 2.45) is 0 Å². The van der Waals surface area contributed by atoms with E-state index in [1.54, 1.807) is 44.2 Å². The van der Waals surface area contributed by atoms with E-state index in [9.17, 15) is 18.0 Å². The van der Waals surface area contributed by atoms with Crippen LogP contribution in [-0.2, 0) is 26.2 Å². The van der Waals surface area contributed by atoms with Crippen LogP contribution in [-0.4, -0.2) is 44.8 Å². The first-order valence-electron chi connectivity index (χ1n) is 11.3. The van der Waals surface area contributed by atoms with Crippen molar-refractivity contribution < 1.29 is 18.0 Å². The van der Waals surface area contributed by atoms with Crippen LogP contribution >= 0.6 is 0 Å². The van der Waals surface area contributed by atoms with Crippen LogP contribution in [0.3, 0.4) is 0 Å². The Hall–Kier alpha value is -3.65. The topological polar surface area (TPSA) is 86.8 Å². The van der Waals surface area contributed by atoms with Crippen molar-refractivity contribution in [3.8, 4) is 0 Å². The van der Waals surface area contributed by atoms with Gasteiger partial charge in [0.05, 0.1) is 10.6 Å². The molecule has 3 aromatic carbocycles. The molecule has 0 aliphatic rings. The van der Waals surface area contributed by atoms with Crippen molar-refractivity contribution in [2.75, 3.05) is 17.9 Å². The third-order valence-electron chi connectivity index (χ3n) is 5.88. The molecule has 0 spiro atoms. The van der Waals surface area contributed by atoms with Gasteiger partial charge in [0.25, 0.3) is 10.0 Å². The van der Waals surface area contributed by atoms with Crippen molar-refractivity contribution in [3.63, 3.8) is 0 Å². The fourth-order valence-electron chi connectivity index (χ4n) is 3.77. The Balaban J connectivity index is 2.04. The second-order valence-corrected chi connectivity index (χ2v) is 10.3. The van der Waals surface area contributed by atoms with E-state index >= 15 is 0 Å². The number of likely N-dealkylation sites (N-methyl/N-ethyl adjacent to an activating group) is 1. The lowest BCUT2D eigenvalue weighted by atomic mass is 10.1. The number of rotatable bonds is 9. The Morgan fingerprint density at radius 2 is 1.49 bits per heavy atom. The van der Waals surface area contributed by atoms with Gasteiger partial charge in [-0.2, -0.15) is 0 Å². The molecule has 1 atom stereocenters. The minimum absolute atomic E-state index is 0.0908. The first-order valence-corrected chi connectivity index (χ1v) is 12.8. The quantitative estimate of drug-likeness (QED) is 0.493. The molecule has 3 rings (SSSR count). The summed E-state index contributed by atoms with van der Waals surface area (Å²) >= 11 is 0. The third kappa shape index (κ3) is 6.08. The van der Waals surface area contributed by atoms with Crippen molar-refractivity contribution >= 4 is 27.5 Å². The molecule has 0 fully saturated rings. The van der Waals surface area contributed by atoms with E-state index < -0.39 is 28.5 Å². The van der Waals surface area contributed by atoms with Crippen molar-refractivity contribution in [3.05, 3.63) is 95.6 Å². The fourth-order valence-corrected chi connectivity index (χ4v) is 5.24. The van der Waals surface area contributed by atoms with Gasteiger partial charge in [0.1, 0.15) is 12.6 Å². The molecule has 0 aromatic heterocycles. The van der Waals surface area contributed by atoms with Gasteiger partial charge < -0.3 is 10.2 Å². The lowest BCUT2D eigenvalue weighted by Gasteiger charge is -2.32. The van der Waals surface area contributed by atoms with Gasteiger partial charge in [0, 0.05) is 13.6 Å². The van der Waals surface area contributed by atoms with Crippen LogP contribution in [0.2, 0.25) is 0 Å². The first kappa shape index (κ1) is 26.0. The summed E-state index contributed by atoms with van der Waals surface area (Å²) in [6.45, 7) is 5.02. The van der Waals surface area contributed by atoms with Crippen LogP contribution in [0, 0.1) is 13.8 Å². The molecule has 0 aliphatic carbocycles. The molecule has 0 radical (unpaired) electrons. The molecule has 3 aromatic rings. The second kappa shape index (κ2) is 11.2. The molecule has 8 heteroatoms. The number of carbonyl (C=O) groups excluding carboxylic acids is 2. The van der Waals surface area contributed by atoms with Crippen LogP contribution in [0.1, 0.15) is 23.6 Å². The van der Waals surface area contributed by atoms with Gasteiger partial charge in [-0.1, -0.05) is 66.2 Å². The third-order valence-corrected chi connectivity index (χ3v) is 7.66. The average Bonchev–Trinajstić information content (AvgIpc) is 2.86. The largest absolute Gasteiger partial charge is 0.357 e. The van der Waals surface area contributed by atoms with Crippen molar-refractivity contribution in [2.45, 2.75) is 38.3 Å². The van der Waals surface area contributed by atoms with Gasteiger partial charge in [0.15, 0.2) is 0 Å². The summed E-state index contributed by atoms with van der Waals surface area (Å²) in [7, 11) is -2.56. The van der Waals surface area contributed by atoms with Gasteiger partial charge in [-0.15, -0.1) is 0 Å². The van der Waals surface area contributed by atoms with Crippen molar-refractivity contribution in [1.29, 1.82) is 0 Å². The smallest absolute Gasteiger partial charge is 0.264 e. The SMILES string of the molecule is CNC(=O)[C@H](C)N(Cc1ccccc1)C(=O)CN(c1ccccc1C)S(=O)(=O)c1ccc(C)cc1. The number of amides is 2. The maximum absolute atomic E-state index is 13.7. The Morgan fingerprint density at radius 3 is 2.09 bits per heavy atom. The molecule has 0 saturated carbocycles. The maximum atomic E-state index is 13.7. The normalized spacial score (nSPS) is 12.0. The molecule has 184 valence electrons. The maximum Gasteiger partial charge on any atom is 0.264 e. The molecule has 7 nitrogen and oxygen atoms in total. The first-order chi connectivity index (χ1) is 16.6. The van der Waals surface area contributed by atoms with Gasteiger partial charge >= 0.3 is 0 Å². The molecule has 2 amide bonds. The number of anilines is 1. The molecule has 0 bridgehead atoms. The van der Waals surface area contributed by atoms with Crippen LogP contribution < -0.4 is 9.62 Å². The molecular formula is C27H31N3O4S. The highest BCUT2D eigenvalue weighted by Gasteiger charge is 2.32. The Morgan fingerprint density at radius 1 is 0.886 bits per heavy atom. The number of hydrogen-bond donors (Lipinski definition) is 1. The minimum Gasteiger partial charge on any atom is -0.357 e. The highest BCUT2D eigenvalue weighted by atomic mass is 32.2. The number of hydrogen-bond acceptors (Lipinski definition) is 4. The molecule has 0 saturated heterocycles. The van der Waals surface area contributed by atoms with E-state index in [0.29, 0.717) is 11.3 Å². The average molecular weight is 494 g/mol. The standard InChI is InChI=1S/C27H31N3O4S/c1-20-14-16-24(17-15-20)35(33,34)30(25-13-9-8-10-21(25)2)19-26(31)29(22(3)27(32)28-4)18-23-11-6-5-7-12-23/h5-17,22H,18-19H2,1-4H3,(H,28,32)/t22-/m0/s1. The predicted molar refractivity (Wildman–Crippen MR) is 137 cm³/mol.